The van der Waals surface area contributed by atoms with Crippen LogP contribution in [0.2, 0.25) is 0 Å². The summed E-state index contributed by atoms with van der Waals surface area (Å²) in [5.74, 6) is -0.0496. The van der Waals surface area contributed by atoms with Gasteiger partial charge in [-0.05, 0) is 86.8 Å². The number of para-hydroxylation sites is 1. The van der Waals surface area contributed by atoms with Gasteiger partial charge in [-0.2, -0.15) is 5.10 Å². The molecule has 4 saturated carbocycles. The lowest BCUT2D eigenvalue weighted by Gasteiger charge is -2.65. The van der Waals surface area contributed by atoms with Crippen LogP contribution in [0.15, 0.2) is 47.1 Å². The number of rotatable bonds is 4. The summed E-state index contributed by atoms with van der Waals surface area (Å²) in [5.41, 5.74) is 2.16. The van der Waals surface area contributed by atoms with Gasteiger partial charge in [0, 0.05) is 29.5 Å². The number of benzene rings is 1. The molecule has 1 heterocycles. The van der Waals surface area contributed by atoms with Gasteiger partial charge in [-0.25, -0.2) is 4.79 Å². The second-order valence-corrected chi connectivity index (χ2v) is 12.3. The Labute approximate surface area is 212 Å². The Morgan fingerprint density at radius 2 is 1.81 bits per heavy atom. The average molecular weight is 495 g/mol. The van der Waals surface area contributed by atoms with Crippen molar-refractivity contribution >= 4 is 17.9 Å². The highest BCUT2D eigenvalue weighted by Gasteiger charge is 2.71. The standard InChI is InChI=1S/C29H38N2O5/c1-26-11-8-23-24(29(26,35)14-10-22(26)19-15-25(33)36-17-19)9-13-28(34)16-21(32)7-12-27(23,28)18-30-31-20-5-3-2-4-6-20/h2-6,15,18,21-24,31-32,34-35H,7-14,16-17H2,1H3/t21-,22-,23+,24-,26+,27-,28-,29+/m0/s1. The van der Waals surface area contributed by atoms with E-state index in [1.54, 1.807) is 6.08 Å². The molecule has 5 aliphatic rings. The number of hydrogen-bond acceptors (Lipinski definition) is 7. The molecule has 0 radical (unpaired) electrons. The highest BCUT2D eigenvalue weighted by molar-refractivity contribution is 5.85. The van der Waals surface area contributed by atoms with Gasteiger partial charge in [0.05, 0.1) is 23.0 Å². The maximum atomic E-state index is 12.5. The normalized spacial score (nSPS) is 46.0. The number of esters is 1. The first-order chi connectivity index (χ1) is 17.2. The molecule has 0 bridgehead atoms. The van der Waals surface area contributed by atoms with Crippen LogP contribution in [0.5, 0.6) is 0 Å². The van der Waals surface area contributed by atoms with Gasteiger partial charge >= 0.3 is 5.97 Å². The molecule has 0 saturated heterocycles. The number of carbonyl (C=O) groups is 1. The maximum absolute atomic E-state index is 12.5. The molecular weight excluding hydrogens is 456 g/mol. The Bertz CT molecular complexity index is 1090. The number of hydrogen-bond donors (Lipinski definition) is 4. The number of cyclic esters (lactones) is 1. The number of ether oxygens (including phenoxy) is 1. The van der Waals surface area contributed by atoms with Crippen LogP contribution in [0.25, 0.3) is 0 Å². The molecule has 1 aromatic carbocycles. The lowest BCUT2D eigenvalue weighted by molar-refractivity contribution is -0.237. The Hall–Kier alpha value is -2.22. The van der Waals surface area contributed by atoms with Gasteiger partial charge in [0.15, 0.2) is 0 Å². The second-order valence-electron chi connectivity index (χ2n) is 12.3. The molecule has 0 amide bonds. The molecule has 1 aromatic rings. The molecule has 0 aromatic heterocycles. The monoisotopic (exact) mass is 494 g/mol. The summed E-state index contributed by atoms with van der Waals surface area (Å²) in [7, 11) is 0. The Balaban J connectivity index is 1.35. The summed E-state index contributed by atoms with van der Waals surface area (Å²) in [6.45, 7) is 2.54. The van der Waals surface area contributed by atoms with E-state index in [9.17, 15) is 20.1 Å². The Morgan fingerprint density at radius 3 is 2.56 bits per heavy atom. The van der Waals surface area contributed by atoms with E-state index in [1.165, 1.54) is 0 Å². The summed E-state index contributed by atoms with van der Waals surface area (Å²) in [6.07, 6.45) is 9.15. The minimum Gasteiger partial charge on any atom is -0.458 e. The summed E-state index contributed by atoms with van der Waals surface area (Å²) in [6, 6.07) is 9.77. The zero-order valence-electron chi connectivity index (χ0n) is 21.0. The van der Waals surface area contributed by atoms with Gasteiger partial charge in [0.1, 0.15) is 6.61 Å². The zero-order valence-corrected chi connectivity index (χ0v) is 21.0. The third kappa shape index (κ3) is 3.35. The fourth-order valence-corrected chi connectivity index (χ4v) is 9.10. The summed E-state index contributed by atoms with van der Waals surface area (Å²) < 4.78 is 5.24. The first-order valence-corrected chi connectivity index (χ1v) is 13.6. The largest absolute Gasteiger partial charge is 0.458 e. The lowest BCUT2D eigenvalue weighted by atomic mass is 9.41. The van der Waals surface area contributed by atoms with Crippen molar-refractivity contribution in [2.24, 2.45) is 33.7 Å². The number of anilines is 1. The number of aliphatic hydroxyl groups is 3. The summed E-state index contributed by atoms with van der Waals surface area (Å²) >= 11 is 0. The summed E-state index contributed by atoms with van der Waals surface area (Å²) in [5, 5.41) is 39.7. The van der Waals surface area contributed by atoms with E-state index in [1.807, 2.05) is 36.5 Å². The molecule has 8 atom stereocenters. The number of nitrogens with one attached hydrogen (secondary N) is 1. The average Bonchev–Trinajstić information content (AvgIpc) is 3.40. The fraction of sp³-hybridized carbons (Fsp3) is 0.655. The molecule has 4 fully saturated rings. The Morgan fingerprint density at radius 1 is 1.03 bits per heavy atom. The van der Waals surface area contributed by atoms with Crippen LogP contribution in [0.4, 0.5) is 5.69 Å². The number of fused-ring (bicyclic) bond motifs is 5. The van der Waals surface area contributed by atoms with E-state index in [-0.39, 0.29) is 29.1 Å². The lowest BCUT2D eigenvalue weighted by Crippen LogP contribution is -2.68. The fourth-order valence-electron chi connectivity index (χ4n) is 9.10. The third-order valence-electron chi connectivity index (χ3n) is 10.9. The van der Waals surface area contributed by atoms with Crippen molar-refractivity contribution in [3.8, 4) is 0 Å². The molecule has 0 unspecified atom stereocenters. The molecule has 4 N–H and O–H groups in total. The van der Waals surface area contributed by atoms with Crippen LogP contribution >= 0.6 is 0 Å². The quantitative estimate of drug-likeness (QED) is 0.288. The van der Waals surface area contributed by atoms with Crippen LogP contribution in [0.3, 0.4) is 0 Å². The highest BCUT2D eigenvalue weighted by atomic mass is 16.5. The van der Waals surface area contributed by atoms with Gasteiger partial charge in [-0.1, -0.05) is 25.1 Å². The van der Waals surface area contributed by atoms with Crippen molar-refractivity contribution in [2.45, 2.75) is 82.0 Å². The van der Waals surface area contributed by atoms with Crippen LogP contribution in [0.1, 0.15) is 64.7 Å². The van der Waals surface area contributed by atoms with Crippen molar-refractivity contribution in [1.82, 2.24) is 0 Å². The summed E-state index contributed by atoms with van der Waals surface area (Å²) in [4.78, 5) is 11.8. The first kappa shape index (κ1) is 24.1. The molecular formula is C29H38N2O5. The van der Waals surface area contributed by atoms with Gasteiger partial charge < -0.3 is 20.1 Å². The van der Waals surface area contributed by atoms with Crippen LogP contribution in [-0.4, -0.2) is 51.4 Å². The minimum absolute atomic E-state index is 0.0265. The number of aliphatic hydroxyl groups excluding tert-OH is 1. The molecule has 0 spiro atoms. The van der Waals surface area contributed by atoms with Crippen molar-refractivity contribution in [3.05, 3.63) is 42.0 Å². The van der Waals surface area contributed by atoms with Gasteiger partial charge in [-0.15, -0.1) is 0 Å². The van der Waals surface area contributed by atoms with E-state index < -0.39 is 22.7 Å². The van der Waals surface area contributed by atoms with Crippen molar-refractivity contribution in [1.29, 1.82) is 0 Å². The van der Waals surface area contributed by atoms with Gasteiger partial charge in [-0.3, -0.25) is 5.43 Å². The zero-order chi connectivity index (χ0) is 25.2. The van der Waals surface area contributed by atoms with E-state index in [0.29, 0.717) is 38.7 Å². The smallest absolute Gasteiger partial charge is 0.331 e. The molecule has 1 aliphatic heterocycles. The second kappa shape index (κ2) is 8.40. The van der Waals surface area contributed by atoms with E-state index in [2.05, 4.69) is 17.5 Å². The van der Waals surface area contributed by atoms with Crippen LogP contribution in [-0.2, 0) is 9.53 Å². The van der Waals surface area contributed by atoms with Crippen molar-refractivity contribution in [3.63, 3.8) is 0 Å². The maximum Gasteiger partial charge on any atom is 0.331 e. The minimum atomic E-state index is -1.05. The van der Waals surface area contributed by atoms with Crippen LogP contribution in [0, 0.1) is 28.6 Å². The predicted octanol–water partition coefficient (Wildman–Crippen LogP) is 3.80. The number of hydrazone groups is 1. The van der Waals surface area contributed by atoms with Crippen LogP contribution < -0.4 is 5.43 Å². The third-order valence-corrected chi connectivity index (χ3v) is 10.9. The molecule has 36 heavy (non-hydrogen) atoms. The SMILES string of the molecule is C[C@]12CC[C@@H]3[C@H](CC[C@]4(O)C[C@@H](O)CC[C@]34C=NNc3ccccc3)[C@]1(O)CC[C@H]2C1=CC(=O)OC1. The van der Waals surface area contributed by atoms with Gasteiger partial charge in [0.2, 0.25) is 0 Å². The molecule has 194 valence electrons. The molecule has 6 rings (SSSR count). The topological polar surface area (TPSA) is 111 Å². The van der Waals surface area contributed by atoms with E-state index in [0.717, 1.165) is 36.9 Å². The number of nitrogens with zero attached hydrogens (tertiary/aromatic N) is 1. The van der Waals surface area contributed by atoms with Crippen molar-refractivity contribution < 1.29 is 24.9 Å². The van der Waals surface area contributed by atoms with Gasteiger partial charge in [0.25, 0.3) is 0 Å². The molecule has 7 nitrogen and oxygen atoms in total. The predicted molar refractivity (Wildman–Crippen MR) is 136 cm³/mol. The highest BCUT2D eigenvalue weighted by Crippen LogP contribution is 2.70. The van der Waals surface area contributed by atoms with Crippen molar-refractivity contribution in [2.75, 3.05) is 12.0 Å². The molecule has 7 heteroatoms. The number of carbonyl (C=O) groups excluding carboxylic acids is 1. The van der Waals surface area contributed by atoms with E-state index >= 15 is 0 Å². The van der Waals surface area contributed by atoms with E-state index in [4.69, 9.17) is 4.74 Å². The molecule has 4 aliphatic carbocycles. The Kier molecular flexibility index (Phi) is 5.63. The first-order valence-electron chi connectivity index (χ1n) is 13.6.